The molecule has 0 aliphatic rings. The molecule has 0 aliphatic carbocycles. The first kappa shape index (κ1) is 36.1. The minimum Gasteiger partial charge on any atom is -0.374 e. The summed E-state index contributed by atoms with van der Waals surface area (Å²) in [5, 5.41) is 0.114. The second kappa shape index (κ2) is 28.1. The van der Waals surface area contributed by atoms with E-state index in [4.69, 9.17) is 18.0 Å². The molecule has 0 rings (SSSR count). The summed E-state index contributed by atoms with van der Waals surface area (Å²) in [6.45, 7) is 10.9. The van der Waals surface area contributed by atoms with E-state index < -0.39 is 8.80 Å². The van der Waals surface area contributed by atoms with Crippen LogP contribution in [0.1, 0.15) is 137 Å². The molecule has 0 aromatic rings. The fourth-order valence-corrected chi connectivity index (χ4v) is 7.98. The third kappa shape index (κ3) is 23.2. The van der Waals surface area contributed by atoms with E-state index in [2.05, 4.69) is 6.92 Å². The lowest BCUT2D eigenvalue weighted by Gasteiger charge is -2.28. The molecule has 0 heterocycles. The minimum absolute atomic E-state index is 0.114. The molecule has 5 nitrogen and oxygen atoms in total. The van der Waals surface area contributed by atoms with Crippen LogP contribution in [-0.2, 0) is 22.8 Å². The van der Waals surface area contributed by atoms with Crippen LogP contribution < -0.4 is 0 Å². The highest BCUT2D eigenvalue weighted by Gasteiger charge is 2.39. The molecule has 0 amide bonds. The highest BCUT2D eigenvalue weighted by atomic mass is 32.2. The van der Waals surface area contributed by atoms with Crippen molar-refractivity contribution in [3.05, 3.63) is 0 Å². The van der Waals surface area contributed by atoms with E-state index in [0.717, 1.165) is 24.6 Å². The Balaban J connectivity index is 3.46. The number of hydrogen-bond acceptors (Lipinski definition) is 6. The normalized spacial score (nSPS) is 11.9. The van der Waals surface area contributed by atoms with Gasteiger partial charge < -0.3 is 18.0 Å². The number of carbonyl (C=O) groups is 1. The second-order valence-electron chi connectivity index (χ2n) is 9.66. The third-order valence-electron chi connectivity index (χ3n) is 6.35. The van der Waals surface area contributed by atoms with E-state index >= 15 is 0 Å². The molecule has 0 aromatic heterocycles. The lowest BCUT2D eigenvalue weighted by atomic mass is 10.0. The van der Waals surface area contributed by atoms with Gasteiger partial charge >= 0.3 is 8.80 Å². The van der Waals surface area contributed by atoms with Gasteiger partial charge in [0, 0.05) is 38.2 Å². The van der Waals surface area contributed by atoms with Gasteiger partial charge in [0.1, 0.15) is 6.61 Å². The fourth-order valence-electron chi connectivity index (χ4n) is 4.43. The number of ether oxygens (including phenoxy) is 1. The minimum atomic E-state index is -2.59. The second-order valence-corrected chi connectivity index (χ2v) is 13.5. The average molecular weight is 549 g/mol. The van der Waals surface area contributed by atoms with Gasteiger partial charge in [0.2, 0.25) is 5.12 Å². The Kier molecular flexibility index (Phi) is 28.2. The Labute approximate surface area is 229 Å². The summed E-state index contributed by atoms with van der Waals surface area (Å²) >= 11 is 1.35. The summed E-state index contributed by atoms with van der Waals surface area (Å²) in [5.74, 6) is 0.753. The van der Waals surface area contributed by atoms with E-state index in [9.17, 15) is 4.79 Å². The van der Waals surface area contributed by atoms with Crippen molar-refractivity contribution < 1.29 is 22.8 Å². The summed E-state index contributed by atoms with van der Waals surface area (Å²) in [4.78, 5) is 12.1. The van der Waals surface area contributed by atoms with Crippen LogP contribution in [-0.4, -0.2) is 52.7 Å². The maximum Gasteiger partial charge on any atom is 0.500 e. The van der Waals surface area contributed by atoms with Crippen LogP contribution in [0.15, 0.2) is 0 Å². The van der Waals surface area contributed by atoms with Crippen molar-refractivity contribution in [2.45, 2.75) is 143 Å². The van der Waals surface area contributed by atoms with Crippen LogP contribution in [0.5, 0.6) is 0 Å². The van der Waals surface area contributed by atoms with Gasteiger partial charge in [-0.25, -0.2) is 0 Å². The van der Waals surface area contributed by atoms with Crippen LogP contribution in [0.3, 0.4) is 0 Å². The van der Waals surface area contributed by atoms with Crippen LogP contribution in [0.4, 0.5) is 0 Å². The van der Waals surface area contributed by atoms with Crippen LogP contribution in [0.25, 0.3) is 0 Å². The average Bonchev–Trinajstić information content (AvgIpc) is 2.86. The topological polar surface area (TPSA) is 54.0 Å². The standard InChI is InChI=1S/C29H60O5SSi/c1-5-9-10-11-12-13-14-15-16-17-18-19-20-21-22-23-25-31-28-29(30)35-26-24-27-36(32-6-2,33-7-3)34-8-4/h5-28H2,1-4H3. The van der Waals surface area contributed by atoms with Gasteiger partial charge in [-0.1, -0.05) is 115 Å². The molecule has 0 spiro atoms. The summed E-state index contributed by atoms with van der Waals surface area (Å²) in [6.07, 6.45) is 22.7. The van der Waals surface area contributed by atoms with Gasteiger partial charge in [0.25, 0.3) is 0 Å². The maximum absolute atomic E-state index is 12.1. The number of rotatable bonds is 29. The SMILES string of the molecule is CCCCCCCCCCCCCCCCCCOCC(=O)SCCC[Si](OCC)(OCC)OCC. The largest absolute Gasteiger partial charge is 0.500 e. The molecule has 0 N–H and O–H groups in total. The molecular weight excluding hydrogens is 488 g/mol. The monoisotopic (exact) mass is 548 g/mol. The molecule has 0 fully saturated rings. The van der Waals surface area contributed by atoms with Gasteiger partial charge in [-0.05, 0) is 33.6 Å². The molecule has 0 saturated carbocycles. The lowest BCUT2D eigenvalue weighted by Crippen LogP contribution is -2.46. The molecule has 0 unspecified atom stereocenters. The summed E-state index contributed by atoms with van der Waals surface area (Å²) < 4.78 is 23.2. The van der Waals surface area contributed by atoms with E-state index in [1.807, 2.05) is 20.8 Å². The number of carbonyl (C=O) groups excluding carboxylic acids is 1. The van der Waals surface area contributed by atoms with Crippen LogP contribution >= 0.6 is 11.8 Å². The Morgan fingerprint density at radius 1 is 0.583 bits per heavy atom. The van der Waals surface area contributed by atoms with Gasteiger partial charge in [-0.3, -0.25) is 4.79 Å². The molecule has 36 heavy (non-hydrogen) atoms. The molecule has 0 atom stereocenters. The Morgan fingerprint density at radius 2 is 1.00 bits per heavy atom. The Bertz CT molecular complexity index is 450. The highest BCUT2D eigenvalue weighted by Crippen LogP contribution is 2.20. The quantitative estimate of drug-likeness (QED) is 0.0687. The molecule has 0 radical (unpaired) electrons. The third-order valence-corrected chi connectivity index (χ3v) is 10.4. The fraction of sp³-hybridized carbons (Fsp3) is 0.966. The highest BCUT2D eigenvalue weighted by molar-refractivity contribution is 8.13. The lowest BCUT2D eigenvalue weighted by molar-refractivity contribution is -0.115. The molecule has 216 valence electrons. The van der Waals surface area contributed by atoms with Gasteiger partial charge in [0.15, 0.2) is 0 Å². The molecule has 0 aromatic carbocycles. The van der Waals surface area contributed by atoms with Crippen molar-refractivity contribution >= 4 is 25.7 Å². The van der Waals surface area contributed by atoms with E-state index in [1.165, 1.54) is 108 Å². The van der Waals surface area contributed by atoms with Gasteiger partial charge in [-0.2, -0.15) is 0 Å². The van der Waals surface area contributed by atoms with E-state index in [0.29, 0.717) is 26.4 Å². The van der Waals surface area contributed by atoms with Crippen molar-refractivity contribution in [2.24, 2.45) is 0 Å². The summed E-state index contributed by atoms with van der Waals surface area (Å²) in [7, 11) is -2.59. The van der Waals surface area contributed by atoms with Crippen molar-refractivity contribution in [2.75, 3.05) is 38.8 Å². The number of thioether (sulfide) groups is 1. The summed E-state index contributed by atoms with van der Waals surface area (Å²) in [5.41, 5.74) is 0. The van der Waals surface area contributed by atoms with Crippen molar-refractivity contribution in [1.82, 2.24) is 0 Å². The van der Waals surface area contributed by atoms with Crippen molar-refractivity contribution in [1.29, 1.82) is 0 Å². The van der Waals surface area contributed by atoms with E-state index in [-0.39, 0.29) is 11.7 Å². The first-order valence-electron chi connectivity index (χ1n) is 15.3. The Morgan fingerprint density at radius 3 is 1.42 bits per heavy atom. The molecule has 0 aliphatic heterocycles. The first-order valence-corrected chi connectivity index (χ1v) is 18.2. The molecule has 0 bridgehead atoms. The zero-order valence-electron chi connectivity index (χ0n) is 24.4. The first-order chi connectivity index (χ1) is 17.6. The predicted molar refractivity (Wildman–Crippen MR) is 158 cm³/mol. The maximum atomic E-state index is 12.1. The zero-order chi connectivity index (χ0) is 26.6. The van der Waals surface area contributed by atoms with Gasteiger partial charge in [0.05, 0.1) is 0 Å². The zero-order valence-corrected chi connectivity index (χ0v) is 26.2. The smallest absolute Gasteiger partial charge is 0.374 e. The van der Waals surface area contributed by atoms with Crippen molar-refractivity contribution in [3.8, 4) is 0 Å². The number of hydrogen-bond donors (Lipinski definition) is 0. The summed E-state index contributed by atoms with van der Waals surface area (Å²) in [6, 6.07) is 0.753. The van der Waals surface area contributed by atoms with Crippen LogP contribution in [0, 0.1) is 0 Å². The molecular formula is C29H60O5SSi. The van der Waals surface area contributed by atoms with Crippen molar-refractivity contribution in [3.63, 3.8) is 0 Å². The van der Waals surface area contributed by atoms with Gasteiger partial charge in [-0.15, -0.1) is 0 Å². The Hall–Kier alpha value is 0.0769. The predicted octanol–water partition coefficient (Wildman–Crippen LogP) is 8.96. The van der Waals surface area contributed by atoms with E-state index in [1.54, 1.807) is 0 Å². The molecule has 7 heteroatoms. The molecule has 0 saturated heterocycles. The number of unbranched alkanes of at least 4 members (excludes halogenated alkanes) is 15. The van der Waals surface area contributed by atoms with Crippen LogP contribution in [0.2, 0.25) is 6.04 Å².